The van der Waals surface area contributed by atoms with Gasteiger partial charge in [0.1, 0.15) is 5.82 Å². The van der Waals surface area contributed by atoms with E-state index in [9.17, 15) is 0 Å². The Hall–Kier alpha value is -1.91. The zero-order valence-corrected chi connectivity index (χ0v) is 13.6. The highest BCUT2D eigenvalue weighted by molar-refractivity contribution is 5.58. The Balaban J connectivity index is 2.41. The molecule has 0 atom stereocenters. The fraction of sp³-hybridized carbons (Fsp3) is 0.562. The number of hydrogen-bond donors (Lipinski definition) is 1. The molecule has 0 amide bonds. The predicted octanol–water partition coefficient (Wildman–Crippen LogP) is 3.61. The summed E-state index contributed by atoms with van der Waals surface area (Å²) in [6.07, 6.45) is 5.86. The Morgan fingerprint density at radius 3 is 2.57 bits per heavy atom. The summed E-state index contributed by atoms with van der Waals surface area (Å²) >= 11 is 0. The third-order valence-corrected chi connectivity index (χ3v) is 3.50. The Morgan fingerprint density at radius 2 is 2.00 bits per heavy atom. The molecule has 0 spiro atoms. The maximum Gasteiger partial charge on any atom is 0.164 e. The molecule has 0 aromatic carbocycles. The van der Waals surface area contributed by atoms with Gasteiger partial charge in [0.15, 0.2) is 5.82 Å². The van der Waals surface area contributed by atoms with Crippen LogP contribution < -0.4 is 5.32 Å². The van der Waals surface area contributed by atoms with Gasteiger partial charge in [-0.15, -0.1) is 0 Å². The van der Waals surface area contributed by atoms with Gasteiger partial charge in [-0.25, -0.2) is 9.97 Å². The molecular weight excluding hydrogens is 262 g/mol. The van der Waals surface area contributed by atoms with Gasteiger partial charge in [-0.1, -0.05) is 13.8 Å². The first kappa shape index (κ1) is 15.5. The molecule has 0 unspecified atom stereocenters. The van der Waals surface area contributed by atoms with Crippen LogP contribution in [0.5, 0.6) is 0 Å². The molecule has 2 aromatic rings. The van der Waals surface area contributed by atoms with Crippen LogP contribution in [0.15, 0.2) is 12.4 Å². The monoisotopic (exact) mass is 287 g/mol. The first-order chi connectivity index (χ1) is 10.1. The second-order valence-corrected chi connectivity index (χ2v) is 5.54. The molecule has 1 N–H and O–H groups in total. The molecule has 0 radical (unpaired) electrons. The normalized spacial score (nSPS) is 11.1. The largest absolute Gasteiger partial charge is 0.370 e. The summed E-state index contributed by atoms with van der Waals surface area (Å²) in [5.74, 6) is 1.70. The van der Waals surface area contributed by atoms with Crippen molar-refractivity contribution in [2.75, 3.05) is 11.9 Å². The average Bonchev–Trinajstić information content (AvgIpc) is 2.94. The number of hydrogen-bond acceptors (Lipinski definition) is 4. The van der Waals surface area contributed by atoms with E-state index in [0.717, 1.165) is 42.3 Å². The summed E-state index contributed by atoms with van der Waals surface area (Å²) in [5, 5.41) is 7.79. The minimum Gasteiger partial charge on any atom is -0.370 e. The minimum absolute atomic E-state index is 0.340. The van der Waals surface area contributed by atoms with Crippen LogP contribution >= 0.6 is 0 Å². The third kappa shape index (κ3) is 3.40. The molecule has 5 nitrogen and oxygen atoms in total. The molecule has 0 aliphatic carbocycles. The number of anilines is 1. The lowest BCUT2D eigenvalue weighted by Crippen LogP contribution is -2.09. The SMILES string of the molecule is CCCNc1nc(-c2cnn(C(C)C)c2)nc(C)c1CC. The number of rotatable bonds is 6. The summed E-state index contributed by atoms with van der Waals surface area (Å²) in [6, 6.07) is 0.340. The predicted molar refractivity (Wildman–Crippen MR) is 86.5 cm³/mol. The van der Waals surface area contributed by atoms with Gasteiger partial charge >= 0.3 is 0 Å². The Kier molecular flexibility index (Phi) is 4.94. The standard InChI is InChI=1S/C16H25N5/c1-6-8-17-16-14(7-2)12(5)19-15(20-16)13-9-18-21(10-13)11(3)4/h9-11H,6-8H2,1-5H3,(H,17,19,20). The van der Waals surface area contributed by atoms with Crippen LogP contribution in [0.3, 0.4) is 0 Å². The van der Waals surface area contributed by atoms with Crippen LogP contribution in [-0.4, -0.2) is 26.3 Å². The number of aryl methyl sites for hydroxylation is 1. The Labute approximate surface area is 126 Å². The lowest BCUT2D eigenvalue weighted by molar-refractivity contribution is 0.532. The van der Waals surface area contributed by atoms with Crippen LogP contribution in [0.2, 0.25) is 0 Å². The van der Waals surface area contributed by atoms with Gasteiger partial charge in [0, 0.05) is 30.0 Å². The quantitative estimate of drug-likeness (QED) is 0.881. The number of aromatic nitrogens is 4. The van der Waals surface area contributed by atoms with Crippen LogP contribution in [0, 0.1) is 6.92 Å². The van der Waals surface area contributed by atoms with Crippen molar-refractivity contribution < 1.29 is 0 Å². The van der Waals surface area contributed by atoms with Crippen molar-refractivity contribution in [2.24, 2.45) is 0 Å². The van der Waals surface area contributed by atoms with Crippen molar-refractivity contribution in [3.8, 4) is 11.4 Å². The molecule has 5 heteroatoms. The highest BCUT2D eigenvalue weighted by Crippen LogP contribution is 2.23. The third-order valence-electron chi connectivity index (χ3n) is 3.50. The molecule has 2 rings (SSSR count). The van der Waals surface area contributed by atoms with E-state index in [4.69, 9.17) is 4.98 Å². The maximum absolute atomic E-state index is 4.71. The van der Waals surface area contributed by atoms with Gasteiger partial charge < -0.3 is 5.32 Å². The van der Waals surface area contributed by atoms with Gasteiger partial charge in [0.2, 0.25) is 0 Å². The van der Waals surface area contributed by atoms with Gasteiger partial charge in [0.25, 0.3) is 0 Å². The lowest BCUT2D eigenvalue weighted by Gasteiger charge is -2.13. The summed E-state index contributed by atoms with van der Waals surface area (Å²) in [7, 11) is 0. The highest BCUT2D eigenvalue weighted by Gasteiger charge is 2.13. The molecule has 2 aromatic heterocycles. The fourth-order valence-corrected chi connectivity index (χ4v) is 2.27. The van der Waals surface area contributed by atoms with Crippen LogP contribution in [-0.2, 0) is 6.42 Å². The van der Waals surface area contributed by atoms with Crippen molar-refractivity contribution in [3.05, 3.63) is 23.7 Å². The number of nitrogens with zero attached hydrogens (tertiary/aromatic N) is 4. The smallest absolute Gasteiger partial charge is 0.164 e. The van der Waals surface area contributed by atoms with E-state index in [2.05, 4.69) is 43.1 Å². The molecule has 0 saturated heterocycles. The number of nitrogens with one attached hydrogen (secondary N) is 1. The molecule has 21 heavy (non-hydrogen) atoms. The molecule has 114 valence electrons. The molecule has 0 saturated carbocycles. The molecule has 0 aliphatic rings. The molecule has 0 fully saturated rings. The van der Waals surface area contributed by atoms with E-state index in [0.29, 0.717) is 6.04 Å². The zero-order chi connectivity index (χ0) is 15.4. The summed E-state index contributed by atoms with van der Waals surface area (Å²) < 4.78 is 1.93. The summed E-state index contributed by atoms with van der Waals surface area (Å²) in [5.41, 5.74) is 3.20. The molecule has 0 aliphatic heterocycles. The van der Waals surface area contributed by atoms with Gasteiger partial charge in [-0.05, 0) is 33.6 Å². The molecular formula is C16H25N5. The van der Waals surface area contributed by atoms with E-state index < -0.39 is 0 Å². The van der Waals surface area contributed by atoms with Crippen molar-refractivity contribution in [2.45, 2.75) is 53.5 Å². The first-order valence-electron chi connectivity index (χ1n) is 7.72. The first-order valence-corrected chi connectivity index (χ1v) is 7.72. The second kappa shape index (κ2) is 6.70. The summed E-state index contributed by atoms with van der Waals surface area (Å²) in [6.45, 7) is 11.5. The van der Waals surface area contributed by atoms with E-state index in [1.54, 1.807) is 0 Å². The van der Waals surface area contributed by atoms with Crippen LogP contribution in [0.25, 0.3) is 11.4 Å². The minimum atomic E-state index is 0.340. The van der Waals surface area contributed by atoms with E-state index in [1.165, 1.54) is 5.56 Å². The van der Waals surface area contributed by atoms with Gasteiger partial charge in [-0.3, -0.25) is 4.68 Å². The maximum atomic E-state index is 4.71. The van der Waals surface area contributed by atoms with Crippen molar-refractivity contribution in [3.63, 3.8) is 0 Å². The molecule has 2 heterocycles. The Morgan fingerprint density at radius 1 is 1.24 bits per heavy atom. The average molecular weight is 287 g/mol. The highest BCUT2D eigenvalue weighted by atomic mass is 15.3. The van der Waals surface area contributed by atoms with Crippen LogP contribution in [0.1, 0.15) is 51.4 Å². The van der Waals surface area contributed by atoms with Crippen molar-refractivity contribution in [1.82, 2.24) is 19.7 Å². The van der Waals surface area contributed by atoms with Crippen molar-refractivity contribution in [1.29, 1.82) is 0 Å². The Bertz CT molecular complexity index is 601. The summed E-state index contributed by atoms with van der Waals surface area (Å²) in [4.78, 5) is 9.36. The fourth-order valence-electron chi connectivity index (χ4n) is 2.27. The second-order valence-electron chi connectivity index (χ2n) is 5.54. The lowest BCUT2D eigenvalue weighted by atomic mass is 10.1. The van der Waals surface area contributed by atoms with E-state index in [-0.39, 0.29) is 0 Å². The van der Waals surface area contributed by atoms with Crippen molar-refractivity contribution >= 4 is 5.82 Å². The van der Waals surface area contributed by atoms with Gasteiger partial charge in [0.05, 0.1) is 11.8 Å². The van der Waals surface area contributed by atoms with E-state index >= 15 is 0 Å². The topological polar surface area (TPSA) is 55.6 Å². The van der Waals surface area contributed by atoms with Crippen LogP contribution in [0.4, 0.5) is 5.82 Å². The van der Waals surface area contributed by atoms with Gasteiger partial charge in [-0.2, -0.15) is 5.10 Å². The molecule has 0 bridgehead atoms. The zero-order valence-electron chi connectivity index (χ0n) is 13.6. The van der Waals surface area contributed by atoms with E-state index in [1.807, 2.05) is 24.0 Å².